The van der Waals surface area contributed by atoms with Crippen LogP contribution in [0, 0.1) is 5.41 Å². The summed E-state index contributed by atoms with van der Waals surface area (Å²) in [6, 6.07) is 5.56. The maximum Gasteiger partial charge on any atom is 0.393 e. The molecule has 12 heteroatoms. The van der Waals surface area contributed by atoms with Gasteiger partial charge in [-0.15, -0.1) is 11.3 Å². The number of halogens is 3. The number of rotatable bonds is 9. The largest absolute Gasteiger partial charge is 0.490 e. The van der Waals surface area contributed by atoms with Crippen LogP contribution in [0.4, 0.5) is 13.2 Å². The van der Waals surface area contributed by atoms with Gasteiger partial charge >= 0.3 is 6.18 Å². The van der Waals surface area contributed by atoms with E-state index in [0.717, 1.165) is 16.8 Å². The number of hydrogen-bond acceptors (Lipinski definition) is 6. The Labute approximate surface area is 228 Å². The molecule has 1 N–H and O–H groups in total. The topological polar surface area (TPSA) is 90.3 Å². The normalized spacial score (nSPS) is 20.6. The Morgan fingerprint density at radius 3 is 2.67 bits per heavy atom. The molecule has 0 spiro atoms. The standard InChI is InChI=1S/C27H28F3N3O4S2/c1-25(9-10-25)24(34)31-14-21-12-19-11-18(13-27(28,29)30)6-7-22(19)33(21)39(35,36)26(2)8-4-3-5-23(26)37-15-20-16-38-17-32-20/h3-7,11-12,16-17H,8-10,13-15H2,1-2H3,(H,31,34). The van der Waals surface area contributed by atoms with Gasteiger partial charge < -0.3 is 10.1 Å². The Morgan fingerprint density at radius 2 is 2.00 bits per heavy atom. The molecule has 208 valence electrons. The van der Waals surface area contributed by atoms with Gasteiger partial charge in [0.2, 0.25) is 5.91 Å². The van der Waals surface area contributed by atoms with Gasteiger partial charge in [-0.25, -0.2) is 17.4 Å². The molecule has 0 radical (unpaired) electrons. The summed E-state index contributed by atoms with van der Waals surface area (Å²) < 4.78 is 73.7. The number of benzene rings is 1. The van der Waals surface area contributed by atoms with Gasteiger partial charge in [0, 0.05) is 16.2 Å². The number of hydrogen-bond donors (Lipinski definition) is 1. The van der Waals surface area contributed by atoms with E-state index in [9.17, 15) is 26.4 Å². The number of allylic oxidation sites excluding steroid dienone is 3. The van der Waals surface area contributed by atoms with Crippen LogP contribution in [0.1, 0.15) is 50.1 Å². The number of fused-ring (bicyclic) bond motifs is 1. The average molecular weight is 580 g/mol. The van der Waals surface area contributed by atoms with Crippen LogP contribution in [-0.2, 0) is 39.1 Å². The molecule has 1 saturated carbocycles. The van der Waals surface area contributed by atoms with Crippen molar-refractivity contribution >= 4 is 38.2 Å². The van der Waals surface area contributed by atoms with Crippen LogP contribution < -0.4 is 5.32 Å². The summed E-state index contributed by atoms with van der Waals surface area (Å²) in [6.07, 6.45) is 1.13. The summed E-state index contributed by atoms with van der Waals surface area (Å²) in [4.78, 5) is 16.9. The molecule has 3 aromatic rings. The molecule has 0 bridgehead atoms. The number of thiazole rings is 1. The lowest BCUT2D eigenvalue weighted by Gasteiger charge is -2.33. The quantitative estimate of drug-likeness (QED) is 0.356. The molecule has 1 aromatic carbocycles. The number of carbonyl (C=O) groups is 1. The zero-order chi connectivity index (χ0) is 28.1. The van der Waals surface area contributed by atoms with E-state index in [-0.39, 0.29) is 48.0 Å². The fourth-order valence-corrected chi connectivity index (χ4v) is 7.15. The second-order valence-corrected chi connectivity index (χ2v) is 13.4. The minimum atomic E-state index is -4.41. The van der Waals surface area contributed by atoms with Gasteiger partial charge in [0.15, 0.2) is 0 Å². The first-order chi connectivity index (χ1) is 18.3. The van der Waals surface area contributed by atoms with Gasteiger partial charge in [0.05, 0.1) is 35.4 Å². The first-order valence-electron chi connectivity index (χ1n) is 12.4. The SMILES string of the molecule is CC1(C(=O)NCc2cc3cc(CC(F)(F)F)ccc3n2S(=O)(=O)C2(C)CC=CC=C2OCc2cscn2)CC1. The molecule has 7 nitrogen and oxygen atoms in total. The summed E-state index contributed by atoms with van der Waals surface area (Å²) in [5, 5.41) is 4.98. The van der Waals surface area contributed by atoms with Crippen molar-refractivity contribution in [3.63, 3.8) is 0 Å². The highest BCUT2D eigenvalue weighted by Gasteiger charge is 2.48. The van der Waals surface area contributed by atoms with Crippen molar-refractivity contribution in [3.05, 3.63) is 76.1 Å². The maximum atomic E-state index is 14.4. The van der Waals surface area contributed by atoms with Gasteiger partial charge in [0.1, 0.15) is 17.1 Å². The maximum absolute atomic E-state index is 14.4. The number of aromatic nitrogens is 2. The Bertz CT molecular complexity index is 1570. The molecule has 5 rings (SSSR count). The average Bonchev–Trinajstić information content (AvgIpc) is 3.26. The Hall–Kier alpha value is -3.12. The molecule has 2 aliphatic carbocycles. The predicted molar refractivity (Wildman–Crippen MR) is 142 cm³/mol. The van der Waals surface area contributed by atoms with E-state index in [0.29, 0.717) is 11.1 Å². The van der Waals surface area contributed by atoms with Crippen LogP contribution in [0.5, 0.6) is 0 Å². The summed E-state index contributed by atoms with van der Waals surface area (Å²) in [5.41, 5.74) is 2.35. The molecule has 1 unspecified atom stereocenters. The van der Waals surface area contributed by atoms with Crippen LogP contribution in [0.2, 0.25) is 0 Å². The Morgan fingerprint density at radius 1 is 1.23 bits per heavy atom. The molecule has 1 atom stereocenters. The molecule has 2 aromatic heterocycles. The van der Waals surface area contributed by atoms with Crippen molar-refractivity contribution < 1.29 is 31.1 Å². The third kappa shape index (κ3) is 5.36. The molecule has 39 heavy (non-hydrogen) atoms. The monoisotopic (exact) mass is 579 g/mol. The van der Waals surface area contributed by atoms with Crippen LogP contribution in [-0.4, -0.2) is 34.2 Å². The van der Waals surface area contributed by atoms with E-state index in [1.807, 2.05) is 12.3 Å². The van der Waals surface area contributed by atoms with Crippen molar-refractivity contribution in [2.45, 2.75) is 63.6 Å². The highest BCUT2D eigenvalue weighted by Crippen LogP contribution is 2.45. The summed E-state index contributed by atoms with van der Waals surface area (Å²) in [5.74, 6) is 0.0440. The van der Waals surface area contributed by atoms with E-state index in [2.05, 4.69) is 10.3 Å². The fraction of sp³-hybridized carbons (Fsp3) is 0.407. The number of carbonyl (C=O) groups excluding carboxylic acids is 1. The van der Waals surface area contributed by atoms with Crippen LogP contribution >= 0.6 is 11.3 Å². The van der Waals surface area contributed by atoms with Crippen LogP contribution in [0.15, 0.2) is 59.1 Å². The van der Waals surface area contributed by atoms with E-state index in [1.165, 1.54) is 35.6 Å². The smallest absolute Gasteiger partial charge is 0.393 e. The molecule has 1 amide bonds. The Kier molecular flexibility index (Phi) is 6.91. The van der Waals surface area contributed by atoms with Crippen molar-refractivity contribution in [3.8, 4) is 0 Å². The number of amides is 1. The van der Waals surface area contributed by atoms with Crippen molar-refractivity contribution in [2.24, 2.45) is 5.41 Å². The zero-order valence-electron chi connectivity index (χ0n) is 21.4. The van der Waals surface area contributed by atoms with E-state index >= 15 is 0 Å². The highest BCUT2D eigenvalue weighted by atomic mass is 32.2. The molecular weight excluding hydrogens is 551 g/mol. The third-order valence-electron chi connectivity index (χ3n) is 7.36. The number of ether oxygens (including phenoxy) is 1. The number of nitrogens with zero attached hydrogens (tertiary/aromatic N) is 2. The second-order valence-electron chi connectivity index (χ2n) is 10.5. The van der Waals surface area contributed by atoms with Gasteiger partial charge in [-0.1, -0.05) is 25.1 Å². The van der Waals surface area contributed by atoms with E-state index < -0.39 is 32.8 Å². The van der Waals surface area contributed by atoms with Crippen LogP contribution in [0.3, 0.4) is 0 Å². The molecular formula is C27H28F3N3O4S2. The molecule has 0 aliphatic heterocycles. The summed E-state index contributed by atoms with van der Waals surface area (Å²) in [7, 11) is -4.25. The predicted octanol–water partition coefficient (Wildman–Crippen LogP) is 5.62. The fourth-order valence-electron chi connectivity index (χ4n) is 4.66. The van der Waals surface area contributed by atoms with E-state index in [1.54, 1.807) is 30.7 Å². The molecule has 0 saturated heterocycles. The minimum absolute atomic E-state index is 0.0182. The Balaban J connectivity index is 1.56. The van der Waals surface area contributed by atoms with Gasteiger partial charge in [-0.3, -0.25) is 4.79 Å². The summed E-state index contributed by atoms with van der Waals surface area (Å²) in [6.45, 7) is 3.39. The zero-order valence-corrected chi connectivity index (χ0v) is 23.0. The minimum Gasteiger partial charge on any atom is -0.490 e. The number of nitrogens with one attached hydrogen (secondary N) is 1. The second kappa shape index (κ2) is 9.81. The first kappa shape index (κ1) is 27.4. The molecule has 2 aliphatic rings. The molecule has 1 fully saturated rings. The van der Waals surface area contributed by atoms with Gasteiger partial charge in [0.25, 0.3) is 10.0 Å². The lowest BCUT2D eigenvalue weighted by molar-refractivity contribution is -0.127. The van der Waals surface area contributed by atoms with Crippen molar-refractivity contribution in [1.82, 2.24) is 14.3 Å². The lowest BCUT2D eigenvalue weighted by atomic mass is 10.00. The number of alkyl halides is 3. The van der Waals surface area contributed by atoms with Crippen LogP contribution in [0.25, 0.3) is 10.9 Å². The first-order valence-corrected chi connectivity index (χ1v) is 14.8. The summed E-state index contributed by atoms with van der Waals surface area (Å²) >= 11 is 1.40. The molecule has 2 heterocycles. The van der Waals surface area contributed by atoms with Crippen molar-refractivity contribution in [2.75, 3.05) is 0 Å². The lowest BCUT2D eigenvalue weighted by Crippen LogP contribution is -2.43. The van der Waals surface area contributed by atoms with Gasteiger partial charge in [-0.2, -0.15) is 13.2 Å². The van der Waals surface area contributed by atoms with Gasteiger partial charge in [-0.05, 0) is 56.0 Å². The van der Waals surface area contributed by atoms with E-state index in [4.69, 9.17) is 4.74 Å². The highest BCUT2D eigenvalue weighted by molar-refractivity contribution is 7.91. The third-order valence-corrected chi connectivity index (χ3v) is 10.4. The van der Waals surface area contributed by atoms with Crippen molar-refractivity contribution in [1.29, 1.82) is 0 Å².